The van der Waals surface area contributed by atoms with Gasteiger partial charge < -0.3 is 13.4 Å². The Morgan fingerprint density at radius 2 is 1.06 bits per heavy atom. The zero-order chi connectivity index (χ0) is 31.3. The van der Waals surface area contributed by atoms with E-state index >= 15 is 0 Å². The second kappa shape index (κ2) is 9.47. The summed E-state index contributed by atoms with van der Waals surface area (Å²) in [6.07, 6.45) is 0. The molecule has 0 aliphatic heterocycles. The van der Waals surface area contributed by atoms with E-state index in [-0.39, 0.29) is 0 Å². The van der Waals surface area contributed by atoms with E-state index in [0.717, 1.165) is 71.7 Å². The molecule has 0 bridgehead atoms. The minimum atomic E-state index is 0.535. The molecule has 0 saturated heterocycles. The molecule has 4 heterocycles. The second-order valence-corrected chi connectivity index (χ2v) is 12.4. The summed E-state index contributed by atoms with van der Waals surface area (Å²) in [5, 5.41) is 6.74. The third kappa shape index (κ3) is 3.47. The summed E-state index contributed by atoms with van der Waals surface area (Å²) in [5.41, 5.74) is 11.1. The minimum Gasteiger partial charge on any atom is -0.456 e. The predicted octanol–water partition coefficient (Wildman–Crippen LogP) is 11.6. The van der Waals surface area contributed by atoms with Crippen molar-refractivity contribution in [1.29, 1.82) is 0 Å². The first-order valence-electron chi connectivity index (χ1n) is 16.1. The SMILES string of the molecule is c1ccc(-n2c3ccccc3c3cc(-c4ccc5c6ccccc6n(-c6nc7ccc8oc9ccccc9c8c7o6)c5c4)ccc32)cc1. The lowest BCUT2D eigenvalue weighted by molar-refractivity contribution is 0.577. The van der Waals surface area contributed by atoms with Crippen LogP contribution in [0.1, 0.15) is 0 Å². The first-order chi connectivity index (χ1) is 23.8. The standard InChI is InChI=1S/C43H25N3O2/c1-2-10-28(11-3-1)45-35-15-7-5-13-30(35)33-24-26(19-22-37(33)45)27-18-20-31-29-12-4-8-16-36(29)46(38(31)25-27)43-44-34-21-23-40-41(42(34)48-43)32-14-6-9-17-39(32)47-40/h1-25H. The van der Waals surface area contributed by atoms with E-state index in [1.54, 1.807) is 0 Å². The molecule has 0 saturated carbocycles. The van der Waals surface area contributed by atoms with E-state index in [0.29, 0.717) is 6.01 Å². The van der Waals surface area contributed by atoms with Crippen LogP contribution in [0.5, 0.6) is 0 Å². The van der Waals surface area contributed by atoms with Crippen molar-refractivity contribution in [2.24, 2.45) is 0 Å². The van der Waals surface area contributed by atoms with Crippen molar-refractivity contribution in [1.82, 2.24) is 14.1 Å². The number of fused-ring (bicyclic) bond motifs is 11. The van der Waals surface area contributed by atoms with E-state index in [9.17, 15) is 0 Å². The van der Waals surface area contributed by atoms with Crippen molar-refractivity contribution < 1.29 is 8.83 Å². The zero-order valence-electron chi connectivity index (χ0n) is 25.6. The zero-order valence-corrected chi connectivity index (χ0v) is 25.6. The van der Waals surface area contributed by atoms with Gasteiger partial charge in [0.05, 0.1) is 27.5 Å². The highest BCUT2D eigenvalue weighted by Crippen LogP contribution is 2.40. The van der Waals surface area contributed by atoms with Crippen LogP contribution >= 0.6 is 0 Å². The van der Waals surface area contributed by atoms with Gasteiger partial charge in [-0.1, -0.05) is 91.0 Å². The maximum absolute atomic E-state index is 6.69. The Hall–Kier alpha value is -6.59. The number of hydrogen-bond acceptors (Lipinski definition) is 3. The first-order valence-corrected chi connectivity index (χ1v) is 16.1. The van der Waals surface area contributed by atoms with Crippen LogP contribution in [0.4, 0.5) is 0 Å². The molecule has 5 heteroatoms. The quantitative estimate of drug-likeness (QED) is 0.199. The molecule has 11 aromatic rings. The van der Waals surface area contributed by atoms with E-state index in [1.165, 1.54) is 21.8 Å². The maximum atomic E-state index is 6.69. The maximum Gasteiger partial charge on any atom is 0.307 e. The fraction of sp³-hybridized carbons (Fsp3) is 0. The van der Waals surface area contributed by atoms with Crippen molar-refractivity contribution >= 4 is 76.6 Å². The van der Waals surface area contributed by atoms with Crippen molar-refractivity contribution in [3.8, 4) is 22.8 Å². The van der Waals surface area contributed by atoms with Crippen molar-refractivity contribution in [3.05, 3.63) is 152 Å². The van der Waals surface area contributed by atoms with E-state index in [1.807, 2.05) is 30.3 Å². The van der Waals surface area contributed by atoms with Gasteiger partial charge in [0.25, 0.3) is 0 Å². The molecule has 0 atom stereocenters. The van der Waals surface area contributed by atoms with Crippen molar-refractivity contribution in [3.63, 3.8) is 0 Å². The Labute approximate surface area is 273 Å². The molecule has 0 spiro atoms. The lowest BCUT2D eigenvalue weighted by atomic mass is 10.0. The third-order valence-electron chi connectivity index (χ3n) is 9.77. The number of benzene rings is 7. The average molecular weight is 616 g/mol. The number of furan rings is 1. The number of rotatable bonds is 3. The third-order valence-corrected chi connectivity index (χ3v) is 9.77. The fourth-order valence-electron chi connectivity index (χ4n) is 7.64. The molecular formula is C43H25N3O2. The normalized spacial score (nSPS) is 12.2. The molecule has 48 heavy (non-hydrogen) atoms. The topological polar surface area (TPSA) is 49.0 Å². The van der Waals surface area contributed by atoms with Crippen LogP contribution < -0.4 is 0 Å². The Balaban J connectivity index is 1.15. The smallest absolute Gasteiger partial charge is 0.307 e. The van der Waals surface area contributed by atoms with Gasteiger partial charge >= 0.3 is 6.01 Å². The lowest BCUT2D eigenvalue weighted by Crippen LogP contribution is -1.94. The molecule has 0 aliphatic carbocycles. The Morgan fingerprint density at radius 1 is 0.417 bits per heavy atom. The molecule has 11 rings (SSSR count). The van der Waals surface area contributed by atoms with Crippen LogP contribution in [-0.4, -0.2) is 14.1 Å². The predicted molar refractivity (Wildman–Crippen MR) is 195 cm³/mol. The van der Waals surface area contributed by atoms with Crippen LogP contribution in [0.25, 0.3) is 99.5 Å². The van der Waals surface area contributed by atoms with Crippen LogP contribution in [0.15, 0.2) is 160 Å². The number of aromatic nitrogens is 3. The van der Waals surface area contributed by atoms with Gasteiger partial charge in [-0.05, 0) is 71.8 Å². The van der Waals surface area contributed by atoms with Gasteiger partial charge in [0, 0.05) is 32.6 Å². The summed E-state index contributed by atoms with van der Waals surface area (Å²) < 4.78 is 17.4. The first kappa shape index (κ1) is 25.6. The number of para-hydroxylation sites is 4. The number of oxazole rings is 1. The highest BCUT2D eigenvalue weighted by Gasteiger charge is 2.21. The average Bonchev–Trinajstić information content (AvgIpc) is 3.90. The Bertz CT molecular complexity index is 3070. The summed E-state index contributed by atoms with van der Waals surface area (Å²) in [7, 11) is 0. The monoisotopic (exact) mass is 615 g/mol. The molecule has 0 amide bonds. The van der Waals surface area contributed by atoms with Gasteiger partial charge in [-0.3, -0.25) is 4.57 Å². The largest absolute Gasteiger partial charge is 0.456 e. The molecule has 0 unspecified atom stereocenters. The highest BCUT2D eigenvalue weighted by molar-refractivity contribution is 6.17. The molecule has 5 nitrogen and oxygen atoms in total. The Kier molecular flexibility index (Phi) is 5.05. The summed E-state index contributed by atoms with van der Waals surface area (Å²) in [5.74, 6) is 0. The van der Waals surface area contributed by atoms with E-state index in [2.05, 4.69) is 130 Å². The summed E-state index contributed by atoms with van der Waals surface area (Å²) in [4.78, 5) is 5.05. The molecular weight excluding hydrogens is 590 g/mol. The minimum absolute atomic E-state index is 0.535. The number of nitrogens with zero attached hydrogens (tertiary/aromatic N) is 3. The highest BCUT2D eigenvalue weighted by atomic mass is 16.4. The van der Waals surface area contributed by atoms with Crippen LogP contribution in [0, 0.1) is 0 Å². The van der Waals surface area contributed by atoms with Gasteiger partial charge in [-0.25, -0.2) is 0 Å². The molecule has 0 radical (unpaired) electrons. The van der Waals surface area contributed by atoms with Gasteiger partial charge in [-0.15, -0.1) is 0 Å². The number of hydrogen-bond donors (Lipinski definition) is 0. The van der Waals surface area contributed by atoms with Crippen LogP contribution in [0.3, 0.4) is 0 Å². The van der Waals surface area contributed by atoms with Crippen molar-refractivity contribution in [2.45, 2.75) is 0 Å². The van der Waals surface area contributed by atoms with Crippen LogP contribution in [0.2, 0.25) is 0 Å². The van der Waals surface area contributed by atoms with Gasteiger partial charge in [0.1, 0.15) is 16.7 Å². The molecule has 0 N–H and O–H groups in total. The molecule has 224 valence electrons. The molecule has 7 aromatic carbocycles. The van der Waals surface area contributed by atoms with Crippen LogP contribution in [-0.2, 0) is 0 Å². The Morgan fingerprint density at radius 3 is 1.92 bits per heavy atom. The van der Waals surface area contributed by atoms with Gasteiger partial charge in [-0.2, -0.15) is 4.98 Å². The lowest BCUT2D eigenvalue weighted by Gasteiger charge is -2.08. The second-order valence-electron chi connectivity index (χ2n) is 12.4. The van der Waals surface area contributed by atoms with E-state index in [4.69, 9.17) is 13.8 Å². The summed E-state index contributed by atoms with van der Waals surface area (Å²) >= 11 is 0. The molecule has 0 aliphatic rings. The van der Waals surface area contributed by atoms with Gasteiger partial charge in [0.2, 0.25) is 0 Å². The van der Waals surface area contributed by atoms with Crippen molar-refractivity contribution in [2.75, 3.05) is 0 Å². The molecule has 0 fully saturated rings. The van der Waals surface area contributed by atoms with Gasteiger partial charge in [0.15, 0.2) is 5.58 Å². The summed E-state index contributed by atoms with van der Waals surface area (Å²) in [6, 6.07) is 53.8. The summed E-state index contributed by atoms with van der Waals surface area (Å²) in [6.45, 7) is 0. The fourth-order valence-corrected chi connectivity index (χ4v) is 7.64. The molecule has 4 aromatic heterocycles. The van der Waals surface area contributed by atoms with E-state index < -0.39 is 0 Å².